The summed E-state index contributed by atoms with van der Waals surface area (Å²) >= 11 is 2.85. The summed E-state index contributed by atoms with van der Waals surface area (Å²) in [6, 6.07) is 7.33. The molecule has 0 unspecified atom stereocenters. The van der Waals surface area contributed by atoms with Crippen LogP contribution >= 0.6 is 22.7 Å². The van der Waals surface area contributed by atoms with Gasteiger partial charge in [-0.25, -0.2) is 0 Å². The van der Waals surface area contributed by atoms with E-state index in [0.29, 0.717) is 4.88 Å². The van der Waals surface area contributed by atoms with E-state index < -0.39 is 17.5 Å². The summed E-state index contributed by atoms with van der Waals surface area (Å²) in [5.41, 5.74) is -0.504. The molecule has 0 fully saturated rings. The van der Waals surface area contributed by atoms with Crippen molar-refractivity contribution in [2.45, 2.75) is 26.4 Å². The molecule has 0 aliphatic carbocycles. The molecule has 5 nitrogen and oxygen atoms in total. The zero-order valence-corrected chi connectivity index (χ0v) is 16.4. The van der Waals surface area contributed by atoms with Crippen molar-refractivity contribution < 1.29 is 19.4 Å². The Balaban J connectivity index is 2.16. The van der Waals surface area contributed by atoms with Crippen molar-refractivity contribution in [1.29, 1.82) is 0 Å². The topological polar surface area (TPSA) is 75.6 Å². The number of amides is 1. The molecular weight excluding hydrogens is 370 g/mol. The molecule has 0 aromatic carbocycles. The molecule has 0 aliphatic rings. The van der Waals surface area contributed by atoms with Crippen LogP contribution in [0.4, 0.5) is 0 Å². The maximum absolute atomic E-state index is 12.6. The Labute approximate surface area is 160 Å². The highest BCUT2D eigenvalue weighted by Gasteiger charge is 2.20. The number of allylic oxidation sites excluding steroid dienone is 1. The normalized spacial score (nSPS) is 12.7. The van der Waals surface area contributed by atoms with E-state index in [1.54, 1.807) is 39.0 Å². The lowest BCUT2D eigenvalue weighted by molar-refractivity contribution is -0.154. The van der Waals surface area contributed by atoms with Crippen molar-refractivity contribution in [3.05, 3.63) is 56.6 Å². The first kappa shape index (κ1) is 19.9. The lowest BCUT2D eigenvalue weighted by Crippen LogP contribution is -2.35. The van der Waals surface area contributed by atoms with Crippen molar-refractivity contribution in [2.24, 2.45) is 0 Å². The number of carbonyl (C=O) groups is 2. The minimum absolute atomic E-state index is 0.122. The molecular formula is C19H21NO4S2. The summed E-state index contributed by atoms with van der Waals surface area (Å²) < 4.78 is 5.17. The molecule has 2 heterocycles. The SMILES string of the molecule is CC(C)(C)OC(=O)CNC(=O)/C(=C(O)/C=C/c1cccs1)c1cccs1. The minimum Gasteiger partial charge on any atom is -0.507 e. The van der Waals surface area contributed by atoms with Crippen molar-refractivity contribution in [3.63, 3.8) is 0 Å². The van der Waals surface area contributed by atoms with E-state index in [0.717, 1.165) is 4.88 Å². The van der Waals surface area contributed by atoms with Gasteiger partial charge in [0.05, 0.1) is 5.57 Å². The zero-order valence-electron chi connectivity index (χ0n) is 14.8. The first-order valence-corrected chi connectivity index (χ1v) is 9.71. The Bertz CT molecular complexity index is 797. The Morgan fingerprint density at radius 3 is 2.46 bits per heavy atom. The fraction of sp³-hybridized carbons (Fsp3) is 0.263. The van der Waals surface area contributed by atoms with Gasteiger partial charge in [0.1, 0.15) is 17.9 Å². The van der Waals surface area contributed by atoms with Crippen LogP contribution in [0.25, 0.3) is 11.6 Å². The lowest BCUT2D eigenvalue weighted by atomic mass is 10.1. The number of carbonyl (C=O) groups excluding carboxylic acids is 2. The molecule has 0 radical (unpaired) electrons. The molecule has 138 valence electrons. The summed E-state index contributed by atoms with van der Waals surface area (Å²) in [6.07, 6.45) is 3.21. The highest BCUT2D eigenvalue weighted by molar-refractivity contribution is 7.11. The van der Waals surface area contributed by atoms with Gasteiger partial charge in [-0.3, -0.25) is 9.59 Å². The van der Waals surface area contributed by atoms with Gasteiger partial charge in [0.2, 0.25) is 0 Å². The smallest absolute Gasteiger partial charge is 0.325 e. The molecule has 0 atom stereocenters. The van der Waals surface area contributed by atoms with Crippen LogP contribution in [-0.2, 0) is 14.3 Å². The Kier molecular flexibility index (Phi) is 6.76. The molecule has 0 saturated carbocycles. The first-order valence-electron chi connectivity index (χ1n) is 7.95. The van der Waals surface area contributed by atoms with Gasteiger partial charge in [-0.15, -0.1) is 22.7 Å². The Morgan fingerprint density at radius 2 is 1.88 bits per heavy atom. The third-order valence-corrected chi connectivity index (χ3v) is 4.74. The lowest BCUT2D eigenvalue weighted by Gasteiger charge is -2.19. The number of aliphatic hydroxyl groups is 1. The number of ether oxygens (including phenoxy) is 1. The maximum atomic E-state index is 12.6. The molecule has 2 rings (SSSR count). The standard InChI is InChI=1S/C19H21NO4S2/c1-19(2,3)24-16(22)12-20-18(23)17(15-7-5-11-26-15)14(21)9-8-13-6-4-10-25-13/h4-11,21H,12H2,1-3H3,(H,20,23)/b9-8+,17-14-. The van der Waals surface area contributed by atoms with Gasteiger partial charge in [0, 0.05) is 9.75 Å². The number of rotatable bonds is 6. The summed E-state index contributed by atoms with van der Waals surface area (Å²) in [6.45, 7) is 4.99. The molecule has 7 heteroatoms. The summed E-state index contributed by atoms with van der Waals surface area (Å²) in [5.74, 6) is -1.24. The molecule has 26 heavy (non-hydrogen) atoms. The Morgan fingerprint density at radius 1 is 1.19 bits per heavy atom. The van der Waals surface area contributed by atoms with E-state index >= 15 is 0 Å². The third-order valence-electron chi connectivity index (χ3n) is 3.01. The van der Waals surface area contributed by atoms with Crippen LogP contribution in [0.5, 0.6) is 0 Å². The largest absolute Gasteiger partial charge is 0.507 e. The minimum atomic E-state index is -0.625. The van der Waals surface area contributed by atoms with Gasteiger partial charge in [0.15, 0.2) is 0 Å². The van der Waals surface area contributed by atoms with E-state index in [9.17, 15) is 14.7 Å². The number of hydrogen-bond donors (Lipinski definition) is 2. The van der Waals surface area contributed by atoms with E-state index in [4.69, 9.17) is 4.74 Å². The van der Waals surface area contributed by atoms with E-state index in [1.807, 2.05) is 22.9 Å². The van der Waals surface area contributed by atoms with Crippen LogP contribution in [0.1, 0.15) is 30.5 Å². The quantitative estimate of drug-likeness (QED) is 0.334. The second kappa shape index (κ2) is 8.82. The van der Waals surface area contributed by atoms with E-state index in [1.165, 1.54) is 28.7 Å². The number of thiophene rings is 2. The monoisotopic (exact) mass is 391 g/mol. The van der Waals surface area contributed by atoms with Crippen LogP contribution in [0, 0.1) is 0 Å². The molecule has 1 amide bonds. The fourth-order valence-electron chi connectivity index (χ4n) is 2.02. The molecule has 2 aromatic rings. The second-order valence-corrected chi connectivity index (χ2v) is 8.28. The van der Waals surface area contributed by atoms with Crippen LogP contribution < -0.4 is 5.32 Å². The number of nitrogens with one attached hydrogen (secondary N) is 1. The Hall–Kier alpha value is -2.38. The van der Waals surface area contributed by atoms with Crippen molar-refractivity contribution in [3.8, 4) is 0 Å². The highest BCUT2D eigenvalue weighted by atomic mass is 32.1. The van der Waals surface area contributed by atoms with E-state index in [-0.39, 0.29) is 17.9 Å². The van der Waals surface area contributed by atoms with Crippen molar-refractivity contribution in [2.75, 3.05) is 6.54 Å². The van der Waals surface area contributed by atoms with Gasteiger partial charge >= 0.3 is 5.97 Å². The fourth-order valence-corrected chi connectivity index (χ4v) is 3.42. The molecule has 2 aromatic heterocycles. The van der Waals surface area contributed by atoms with Gasteiger partial charge in [-0.2, -0.15) is 0 Å². The predicted octanol–water partition coefficient (Wildman–Crippen LogP) is 4.25. The van der Waals surface area contributed by atoms with E-state index in [2.05, 4.69) is 5.32 Å². The zero-order chi connectivity index (χ0) is 19.2. The van der Waals surface area contributed by atoms with Gasteiger partial charge in [-0.05, 0) is 55.8 Å². The van der Waals surface area contributed by atoms with Gasteiger partial charge in [-0.1, -0.05) is 12.1 Å². The molecule has 2 N–H and O–H groups in total. The first-order chi connectivity index (χ1) is 12.3. The van der Waals surface area contributed by atoms with Crippen LogP contribution in [0.3, 0.4) is 0 Å². The highest BCUT2D eigenvalue weighted by Crippen LogP contribution is 2.24. The summed E-state index contributed by atoms with van der Waals surface area (Å²) in [5, 5.41) is 16.7. The van der Waals surface area contributed by atoms with Crippen LogP contribution in [0.15, 0.2) is 46.9 Å². The molecule has 0 bridgehead atoms. The molecule has 0 saturated heterocycles. The van der Waals surface area contributed by atoms with Gasteiger partial charge in [0.25, 0.3) is 5.91 Å². The molecule has 0 spiro atoms. The predicted molar refractivity (Wildman–Crippen MR) is 106 cm³/mol. The van der Waals surface area contributed by atoms with Crippen LogP contribution in [-0.4, -0.2) is 29.1 Å². The van der Waals surface area contributed by atoms with Crippen LogP contribution in [0.2, 0.25) is 0 Å². The molecule has 0 aliphatic heterocycles. The van der Waals surface area contributed by atoms with Crippen molar-refractivity contribution >= 4 is 46.2 Å². The number of aliphatic hydroxyl groups excluding tert-OH is 1. The van der Waals surface area contributed by atoms with Gasteiger partial charge < -0.3 is 15.2 Å². The van der Waals surface area contributed by atoms with Crippen molar-refractivity contribution in [1.82, 2.24) is 5.32 Å². The summed E-state index contributed by atoms with van der Waals surface area (Å²) in [7, 11) is 0. The maximum Gasteiger partial charge on any atom is 0.325 e. The third kappa shape index (κ3) is 6.16. The average Bonchev–Trinajstić information content (AvgIpc) is 3.23. The second-order valence-electron chi connectivity index (χ2n) is 6.36. The number of hydrogen-bond acceptors (Lipinski definition) is 6. The average molecular weight is 392 g/mol. The number of esters is 1. The summed E-state index contributed by atoms with van der Waals surface area (Å²) in [4.78, 5) is 25.9.